The molecule has 0 radical (unpaired) electrons. The highest BCUT2D eigenvalue weighted by Gasteiger charge is 2.16. The van der Waals surface area contributed by atoms with Crippen LogP contribution < -0.4 is 11.1 Å². The Hall–Kier alpha value is -0.940. The van der Waals surface area contributed by atoms with Crippen LogP contribution in [0.25, 0.3) is 0 Å². The number of carbonyl (C=O) groups excluding carboxylic acids is 2. The lowest BCUT2D eigenvalue weighted by atomic mass is 10.1. The summed E-state index contributed by atoms with van der Waals surface area (Å²) in [5, 5.41) is 2.79. The lowest BCUT2D eigenvalue weighted by Crippen LogP contribution is -2.35. The molecule has 5 heteroatoms. The number of hydrogen-bond acceptors (Lipinski definition) is 5. The van der Waals surface area contributed by atoms with Crippen molar-refractivity contribution >= 4 is 11.8 Å². The van der Waals surface area contributed by atoms with Gasteiger partial charge in [0.2, 0.25) is 0 Å². The molecule has 18 heavy (non-hydrogen) atoms. The highest BCUT2D eigenvalue weighted by atomic mass is 16.5. The third kappa shape index (κ3) is 9.13. The number of nitrogens with two attached hydrogens (primary N) is 1. The largest absolute Gasteiger partial charge is 0.466 e. The molecule has 0 heterocycles. The molecule has 0 amide bonds. The van der Waals surface area contributed by atoms with Gasteiger partial charge < -0.3 is 15.8 Å². The summed E-state index contributed by atoms with van der Waals surface area (Å²) in [5.74, 6) is -0.359. The molecule has 0 saturated carbocycles. The van der Waals surface area contributed by atoms with Gasteiger partial charge in [0.15, 0.2) is 0 Å². The molecule has 0 aliphatic carbocycles. The Kier molecular flexibility index (Phi) is 10.6. The van der Waals surface area contributed by atoms with Crippen molar-refractivity contribution in [3.63, 3.8) is 0 Å². The van der Waals surface area contributed by atoms with E-state index in [1.165, 1.54) is 6.92 Å². The molecule has 3 N–H and O–H groups in total. The third-order valence-corrected chi connectivity index (χ3v) is 2.82. The van der Waals surface area contributed by atoms with Gasteiger partial charge in [0.05, 0.1) is 19.1 Å². The normalized spacial score (nSPS) is 12.2. The van der Waals surface area contributed by atoms with Crippen LogP contribution >= 0.6 is 0 Å². The molecule has 106 valence electrons. The number of ketones is 1. The molecule has 0 rings (SSSR count). The number of esters is 1. The fourth-order valence-electron chi connectivity index (χ4n) is 1.64. The third-order valence-electron chi connectivity index (χ3n) is 2.82. The fourth-order valence-corrected chi connectivity index (χ4v) is 1.64. The van der Waals surface area contributed by atoms with Crippen molar-refractivity contribution in [1.82, 2.24) is 5.32 Å². The summed E-state index contributed by atoms with van der Waals surface area (Å²) in [4.78, 5) is 22.5. The molecule has 0 aliphatic rings. The molecule has 0 fully saturated rings. The zero-order chi connectivity index (χ0) is 13.8. The summed E-state index contributed by atoms with van der Waals surface area (Å²) in [7, 11) is 1.66. The van der Waals surface area contributed by atoms with Crippen molar-refractivity contribution in [2.24, 2.45) is 5.73 Å². The number of unbranched alkanes of at least 4 members (excludes halogenated alkanes) is 4. The van der Waals surface area contributed by atoms with Gasteiger partial charge in [-0.25, -0.2) is 0 Å². The van der Waals surface area contributed by atoms with Gasteiger partial charge in [0.25, 0.3) is 0 Å². The summed E-state index contributed by atoms with van der Waals surface area (Å²) in [5.41, 5.74) is 5.39. The predicted octanol–water partition coefficient (Wildman–Crippen LogP) is 1.01. The number of Topliss-reactive ketones (excluding diaryl/α,β-unsaturated/α-hetero) is 1. The lowest BCUT2D eigenvalue weighted by Gasteiger charge is -2.11. The molecular formula is C13H26N2O3. The van der Waals surface area contributed by atoms with Crippen molar-refractivity contribution in [3.05, 3.63) is 0 Å². The van der Waals surface area contributed by atoms with E-state index >= 15 is 0 Å². The number of carbonyl (C=O) groups is 2. The molecule has 0 aromatic rings. The van der Waals surface area contributed by atoms with Crippen LogP contribution in [0.1, 0.15) is 45.4 Å². The average molecular weight is 258 g/mol. The van der Waals surface area contributed by atoms with Crippen molar-refractivity contribution in [2.75, 3.05) is 20.2 Å². The Morgan fingerprint density at radius 2 is 1.78 bits per heavy atom. The summed E-state index contributed by atoms with van der Waals surface area (Å²) in [6, 6.07) is -0.429. The van der Waals surface area contributed by atoms with Gasteiger partial charge in [-0.15, -0.1) is 0 Å². The molecule has 0 bridgehead atoms. The minimum absolute atomic E-state index is 0.0452. The molecule has 0 aromatic carbocycles. The van der Waals surface area contributed by atoms with Gasteiger partial charge in [0.1, 0.15) is 5.78 Å². The number of ether oxygens (including phenoxy) is 1. The van der Waals surface area contributed by atoms with Gasteiger partial charge in [-0.1, -0.05) is 19.3 Å². The van der Waals surface area contributed by atoms with Crippen molar-refractivity contribution < 1.29 is 14.3 Å². The highest BCUT2D eigenvalue weighted by Crippen LogP contribution is 2.03. The maximum Gasteiger partial charge on any atom is 0.307 e. The SMILES string of the molecule is CN[C@@H](CC(=O)OCCCCCCCN)C(C)=O. The Morgan fingerprint density at radius 3 is 2.33 bits per heavy atom. The first-order valence-electron chi connectivity index (χ1n) is 6.65. The molecule has 5 nitrogen and oxygen atoms in total. The number of hydrogen-bond donors (Lipinski definition) is 2. The number of rotatable bonds is 11. The standard InChI is InChI=1S/C13H26N2O3/c1-11(16)12(15-2)10-13(17)18-9-7-5-3-4-6-8-14/h12,15H,3-10,14H2,1-2H3/t12-/m0/s1. The van der Waals surface area contributed by atoms with Crippen LogP contribution in [0.4, 0.5) is 0 Å². The van der Waals surface area contributed by atoms with E-state index in [0.29, 0.717) is 6.61 Å². The first kappa shape index (κ1) is 17.1. The summed E-state index contributed by atoms with van der Waals surface area (Å²) in [6.07, 6.45) is 5.36. The van der Waals surface area contributed by atoms with Crippen molar-refractivity contribution in [2.45, 2.75) is 51.5 Å². The molecule has 1 atom stereocenters. The van der Waals surface area contributed by atoms with E-state index in [1.54, 1.807) is 7.05 Å². The molecule has 0 saturated heterocycles. The van der Waals surface area contributed by atoms with Crippen LogP contribution in [0.15, 0.2) is 0 Å². The van der Waals surface area contributed by atoms with E-state index in [2.05, 4.69) is 5.32 Å². The molecule has 0 spiro atoms. The van der Waals surface area contributed by atoms with Crippen LogP contribution in [-0.2, 0) is 14.3 Å². The summed E-state index contributed by atoms with van der Waals surface area (Å²) in [6.45, 7) is 2.65. The van der Waals surface area contributed by atoms with Gasteiger partial charge in [-0.05, 0) is 33.4 Å². The Morgan fingerprint density at radius 1 is 1.17 bits per heavy atom. The van der Waals surface area contributed by atoms with Crippen LogP contribution in [-0.4, -0.2) is 38.0 Å². The second-order valence-electron chi connectivity index (χ2n) is 4.43. The van der Waals surface area contributed by atoms with E-state index in [0.717, 1.165) is 38.6 Å². The van der Waals surface area contributed by atoms with E-state index in [9.17, 15) is 9.59 Å². The van der Waals surface area contributed by atoms with Crippen LogP contribution in [0.5, 0.6) is 0 Å². The molecule has 0 aromatic heterocycles. The van der Waals surface area contributed by atoms with Gasteiger partial charge in [-0.2, -0.15) is 0 Å². The van der Waals surface area contributed by atoms with Crippen LogP contribution in [0.3, 0.4) is 0 Å². The second kappa shape index (κ2) is 11.2. The van der Waals surface area contributed by atoms with Crippen molar-refractivity contribution in [1.29, 1.82) is 0 Å². The monoisotopic (exact) mass is 258 g/mol. The van der Waals surface area contributed by atoms with Crippen molar-refractivity contribution in [3.8, 4) is 0 Å². The predicted molar refractivity (Wildman–Crippen MR) is 71.2 cm³/mol. The topological polar surface area (TPSA) is 81.4 Å². The maximum absolute atomic E-state index is 11.4. The molecule has 0 unspecified atom stereocenters. The minimum Gasteiger partial charge on any atom is -0.466 e. The number of likely N-dealkylation sites (N-methyl/N-ethyl adjacent to an activating group) is 1. The Labute approximate surface area is 109 Å². The van der Waals surface area contributed by atoms with Crippen LogP contribution in [0, 0.1) is 0 Å². The Balaban J connectivity index is 3.50. The first-order chi connectivity index (χ1) is 8.61. The highest BCUT2D eigenvalue weighted by molar-refractivity contribution is 5.86. The van der Waals surface area contributed by atoms with E-state index in [-0.39, 0.29) is 18.2 Å². The molecule has 0 aliphatic heterocycles. The zero-order valence-electron chi connectivity index (χ0n) is 11.5. The number of nitrogens with one attached hydrogen (secondary N) is 1. The maximum atomic E-state index is 11.4. The quantitative estimate of drug-likeness (QED) is 0.427. The second-order valence-corrected chi connectivity index (χ2v) is 4.43. The molecular weight excluding hydrogens is 232 g/mol. The van der Waals surface area contributed by atoms with Crippen LogP contribution in [0.2, 0.25) is 0 Å². The summed E-state index contributed by atoms with van der Waals surface area (Å²) < 4.78 is 5.08. The summed E-state index contributed by atoms with van der Waals surface area (Å²) >= 11 is 0. The minimum atomic E-state index is -0.429. The van der Waals surface area contributed by atoms with E-state index in [1.807, 2.05) is 0 Å². The van der Waals surface area contributed by atoms with Gasteiger partial charge in [-0.3, -0.25) is 9.59 Å². The smallest absolute Gasteiger partial charge is 0.307 e. The first-order valence-corrected chi connectivity index (χ1v) is 6.65. The van der Waals surface area contributed by atoms with Gasteiger partial charge >= 0.3 is 5.97 Å². The Bertz CT molecular complexity index is 244. The lowest BCUT2D eigenvalue weighted by molar-refractivity contribution is -0.145. The van der Waals surface area contributed by atoms with E-state index in [4.69, 9.17) is 10.5 Å². The zero-order valence-corrected chi connectivity index (χ0v) is 11.5. The van der Waals surface area contributed by atoms with E-state index < -0.39 is 6.04 Å². The average Bonchev–Trinajstić information content (AvgIpc) is 2.34. The fraction of sp³-hybridized carbons (Fsp3) is 0.846. The van der Waals surface area contributed by atoms with Gasteiger partial charge in [0, 0.05) is 0 Å².